The first-order valence-corrected chi connectivity index (χ1v) is 2.82. The van der Waals surface area contributed by atoms with Crippen molar-refractivity contribution in [2.75, 3.05) is 0 Å². The molecule has 56 valence electrons. The van der Waals surface area contributed by atoms with Crippen molar-refractivity contribution in [1.29, 1.82) is 0 Å². The van der Waals surface area contributed by atoms with E-state index in [2.05, 4.69) is 0 Å². The summed E-state index contributed by atoms with van der Waals surface area (Å²) in [5.41, 5.74) is 0. The Kier molecular flexibility index (Phi) is 7.13. The van der Waals surface area contributed by atoms with Crippen LogP contribution in [0.5, 0.6) is 0 Å². The molecule has 0 saturated heterocycles. The molecule has 0 heterocycles. The minimum Gasteiger partial charge on any atom is -1.00 e. The number of rotatable bonds is 3. The molecule has 0 aliphatic heterocycles. The molecular weight excluding hydrogens is 144 g/mol. The molecule has 0 saturated carbocycles. The van der Waals surface area contributed by atoms with E-state index in [0.717, 1.165) is 0 Å². The fourth-order valence-corrected chi connectivity index (χ4v) is 0.636. The largest absolute Gasteiger partial charge is 2.00 e. The van der Waals surface area contributed by atoms with E-state index in [9.17, 15) is 9.59 Å². The Balaban J connectivity index is -0.000000107. The van der Waals surface area contributed by atoms with E-state index in [4.69, 9.17) is 5.11 Å². The first-order valence-electron chi connectivity index (χ1n) is 2.82. The maximum Gasteiger partial charge on any atom is 2.00 e. The van der Waals surface area contributed by atoms with Gasteiger partial charge in [0.25, 0.3) is 0 Å². The van der Waals surface area contributed by atoms with Crippen LogP contribution in [0.25, 0.3) is 0 Å². The monoisotopic (exact) mass is 156 g/mol. The molecule has 0 bridgehead atoms. The summed E-state index contributed by atoms with van der Waals surface area (Å²) in [5.74, 6) is -2.10. The van der Waals surface area contributed by atoms with Gasteiger partial charge in [-0.2, -0.15) is 0 Å². The van der Waals surface area contributed by atoms with Gasteiger partial charge in [0.05, 0.1) is 0 Å². The first-order chi connectivity index (χ1) is 4.09. The normalized spacial score (nSPS) is 11.4. The fraction of sp³-hybridized carbons (Fsp3) is 0.667. The quantitative estimate of drug-likeness (QED) is 0.479. The van der Waals surface area contributed by atoms with Gasteiger partial charge < -0.3 is 7.96 Å². The number of carbonyl (C=O) groups excluding carboxylic acids is 1. The SMILES string of the molecule is CCC(C(C)=O)C(=O)O.[H-].[H-].[Mg+2]. The molecule has 0 radical (unpaired) electrons. The smallest absolute Gasteiger partial charge is 1.00 e. The van der Waals surface area contributed by atoms with Gasteiger partial charge in [-0.1, -0.05) is 6.92 Å². The van der Waals surface area contributed by atoms with Crippen molar-refractivity contribution in [3.63, 3.8) is 0 Å². The summed E-state index contributed by atoms with van der Waals surface area (Å²) in [6.45, 7) is 2.97. The van der Waals surface area contributed by atoms with Gasteiger partial charge in [-0.05, 0) is 13.3 Å². The summed E-state index contributed by atoms with van der Waals surface area (Å²) in [7, 11) is 0. The van der Waals surface area contributed by atoms with Crippen LogP contribution < -0.4 is 0 Å². The van der Waals surface area contributed by atoms with Crippen LogP contribution in [-0.2, 0) is 9.59 Å². The van der Waals surface area contributed by atoms with Crippen molar-refractivity contribution in [1.82, 2.24) is 0 Å². The molecule has 0 fully saturated rings. The molecule has 0 aromatic rings. The molecule has 0 aromatic heterocycles. The number of hydrogen-bond acceptors (Lipinski definition) is 2. The third-order valence-electron chi connectivity index (χ3n) is 1.20. The summed E-state index contributed by atoms with van der Waals surface area (Å²) in [6, 6.07) is 0. The van der Waals surface area contributed by atoms with E-state index in [0.29, 0.717) is 6.42 Å². The fourth-order valence-electron chi connectivity index (χ4n) is 0.636. The molecule has 1 unspecified atom stereocenters. The van der Waals surface area contributed by atoms with Crippen LogP contribution in [-0.4, -0.2) is 39.9 Å². The van der Waals surface area contributed by atoms with Crippen LogP contribution in [0.1, 0.15) is 23.1 Å². The van der Waals surface area contributed by atoms with Crippen molar-refractivity contribution >= 4 is 34.8 Å². The van der Waals surface area contributed by atoms with Gasteiger partial charge >= 0.3 is 29.0 Å². The number of carboxylic acids is 1. The number of ketones is 1. The number of aliphatic carboxylic acids is 1. The standard InChI is InChI=1S/C6H10O3.Mg.2H/c1-3-5(4(2)7)6(8)9;;;/h5H,3H2,1-2H3,(H,8,9);;;/q;+2;2*-1. The van der Waals surface area contributed by atoms with Gasteiger partial charge in [0, 0.05) is 0 Å². The number of carboxylic acid groups (broad SMARTS) is 1. The Morgan fingerprint density at radius 3 is 2.00 bits per heavy atom. The van der Waals surface area contributed by atoms with Crippen LogP contribution in [0, 0.1) is 5.92 Å². The van der Waals surface area contributed by atoms with Crippen LogP contribution in [0.4, 0.5) is 0 Å². The zero-order valence-corrected chi connectivity index (χ0v) is 7.67. The maximum atomic E-state index is 10.4. The predicted molar refractivity (Wildman–Crippen MR) is 40.1 cm³/mol. The zero-order valence-electron chi connectivity index (χ0n) is 8.26. The second-order valence-electron chi connectivity index (χ2n) is 1.91. The minimum atomic E-state index is -1.02. The van der Waals surface area contributed by atoms with E-state index >= 15 is 0 Å². The van der Waals surface area contributed by atoms with E-state index in [-0.39, 0.29) is 31.7 Å². The van der Waals surface area contributed by atoms with Crippen molar-refractivity contribution in [3.05, 3.63) is 0 Å². The molecule has 1 N–H and O–H groups in total. The second kappa shape index (κ2) is 5.67. The van der Waals surface area contributed by atoms with Gasteiger partial charge in [0.1, 0.15) is 11.7 Å². The minimum absolute atomic E-state index is 0. The first kappa shape index (κ1) is 12.6. The summed E-state index contributed by atoms with van der Waals surface area (Å²) in [6.07, 6.45) is 0.380. The van der Waals surface area contributed by atoms with Gasteiger partial charge in [-0.3, -0.25) is 9.59 Å². The third-order valence-corrected chi connectivity index (χ3v) is 1.20. The van der Waals surface area contributed by atoms with Crippen molar-refractivity contribution in [3.8, 4) is 0 Å². The van der Waals surface area contributed by atoms with E-state index in [1.807, 2.05) is 0 Å². The van der Waals surface area contributed by atoms with Crippen LogP contribution in [0.15, 0.2) is 0 Å². The van der Waals surface area contributed by atoms with Crippen LogP contribution in [0.2, 0.25) is 0 Å². The Bertz CT molecular complexity index is 127. The van der Waals surface area contributed by atoms with Crippen molar-refractivity contribution < 1.29 is 17.5 Å². The molecule has 0 rings (SSSR count). The Morgan fingerprint density at radius 2 is 2.00 bits per heavy atom. The number of carbonyl (C=O) groups is 2. The van der Waals surface area contributed by atoms with E-state index < -0.39 is 11.9 Å². The van der Waals surface area contributed by atoms with Crippen LogP contribution in [0.3, 0.4) is 0 Å². The van der Waals surface area contributed by atoms with Gasteiger partial charge in [-0.25, -0.2) is 0 Å². The molecule has 0 spiro atoms. The summed E-state index contributed by atoms with van der Waals surface area (Å²) < 4.78 is 0. The number of hydrogen-bond donors (Lipinski definition) is 1. The van der Waals surface area contributed by atoms with Gasteiger partial charge in [0.2, 0.25) is 0 Å². The molecule has 1 atom stereocenters. The summed E-state index contributed by atoms with van der Waals surface area (Å²) in [4.78, 5) is 20.6. The zero-order chi connectivity index (χ0) is 7.44. The Labute approximate surface area is 78.9 Å². The second-order valence-corrected chi connectivity index (χ2v) is 1.91. The molecule has 10 heavy (non-hydrogen) atoms. The van der Waals surface area contributed by atoms with Crippen molar-refractivity contribution in [2.24, 2.45) is 5.92 Å². The van der Waals surface area contributed by atoms with Gasteiger partial charge in [-0.15, -0.1) is 0 Å². The molecule has 3 nitrogen and oxygen atoms in total. The average molecular weight is 156 g/mol. The maximum absolute atomic E-state index is 10.4. The summed E-state index contributed by atoms with van der Waals surface area (Å²) >= 11 is 0. The van der Waals surface area contributed by atoms with E-state index in [1.165, 1.54) is 6.92 Å². The topological polar surface area (TPSA) is 54.4 Å². The van der Waals surface area contributed by atoms with E-state index in [1.54, 1.807) is 6.92 Å². The third kappa shape index (κ3) is 3.84. The molecule has 0 aliphatic rings. The molecular formula is C6H12MgO3. The molecule has 0 aromatic carbocycles. The van der Waals surface area contributed by atoms with Crippen LogP contribution >= 0.6 is 0 Å². The Hall–Kier alpha value is -0.0938. The van der Waals surface area contributed by atoms with Crippen molar-refractivity contribution in [2.45, 2.75) is 20.3 Å². The molecule has 0 amide bonds. The van der Waals surface area contributed by atoms with Gasteiger partial charge in [0.15, 0.2) is 0 Å². The average Bonchev–Trinajstić information content (AvgIpc) is 1.64. The molecule has 4 heteroatoms. The molecule has 0 aliphatic carbocycles. The predicted octanol–water partition coefficient (Wildman–Crippen LogP) is 0.530. The Morgan fingerprint density at radius 1 is 1.60 bits per heavy atom. The summed E-state index contributed by atoms with van der Waals surface area (Å²) in [5, 5.41) is 8.32. The number of Topliss-reactive ketones (excluding diaryl/α,β-unsaturated/α-hetero) is 1.